The Labute approximate surface area is 113 Å². The number of hydrogen-bond donors (Lipinski definition) is 1. The summed E-state index contributed by atoms with van der Waals surface area (Å²) < 4.78 is 4.25. The van der Waals surface area contributed by atoms with Crippen LogP contribution in [0.4, 0.5) is 0 Å². The highest BCUT2D eigenvalue weighted by Gasteiger charge is 2.08. The van der Waals surface area contributed by atoms with Gasteiger partial charge >= 0.3 is 0 Å². The number of benzene rings is 1. The summed E-state index contributed by atoms with van der Waals surface area (Å²) in [7, 11) is 3.25. The Balaban J connectivity index is 0.000000573. The fourth-order valence-corrected chi connectivity index (χ4v) is 1.49. The quantitative estimate of drug-likeness (QED) is 0.800. The molecule has 1 aromatic carbocycles. The van der Waals surface area contributed by atoms with Gasteiger partial charge in [0.25, 0.3) is 0 Å². The van der Waals surface area contributed by atoms with Gasteiger partial charge in [-0.05, 0) is 19.1 Å². The molecule has 0 saturated heterocycles. The minimum absolute atomic E-state index is 0.473. The Morgan fingerprint density at radius 2 is 1.95 bits per heavy atom. The van der Waals surface area contributed by atoms with Crippen LogP contribution in [0.5, 0.6) is 0 Å². The second kappa shape index (κ2) is 8.84. The molecule has 0 amide bonds. The second-order valence-electron chi connectivity index (χ2n) is 3.45. The molecule has 2 rings (SSSR count). The van der Waals surface area contributed by atoms with Crippen molar-refractivity contribution in [1.82, 2.24) is 10.2 Å². The van der Waals surface area contributed by atoms with Crippen LogP contribution in [0, 0.1) is 18.3 Å². The summed E-state index contributed by atoms with van der Waals surface area (Å²) >= 11 is 0. The summed E-state index contributed by atoms with van der Waals surface area (Å²) in [5.74, 6) is 0. The molecule has 0 atom stereocenters. The Hall–Kier alpha value is -2.19. The topological polar surface area (TPSA) is 78.8 Å². The monoisotopic (exact) mass is 261 g/mol. The number of fused-ring (bicyclic) bond motifs is 1. The van der Waals surface area contributed by atoms with Crippen molar-refractivity contribution in [3.63, 3.8) is 0 Å². The van der Waals surface area contributed by atoms with E-state index < -0.39 is 0 Å². The van der Waals surface area contributed by atoms with E-state index in [0.717, 1.165) is 11.1 Å². The summed E-state index contributed by atoms with van der Waals surface area (Å²) in [5, 5.41) is 16.5. The molecule has 0 bridgehead atoms. The molecule has 0 aliphatic heterocycles. The van der Waals surface area contributed by atoms with Crippen LogP contribution in [-0.4, -0.2) is 30.7 Å². The third-order valence-electron chi connectivity index (χ3n) is 2.12. The van der Waals surface area contributed by atoms with Crippen LogP contribution in [0.25, 0.3) is 10.9 Å². The van der Waals surface area contributed by atoms with Crippen LogP contribution >= 0.6 is 0 Å². The molecule has 0 unspecified atom stereocenters. The Kier molecular flexibility index (Phi) is 7.82. The molecule has 0 aliphatic carbocycles. The Bertz CT molecular complexity index is 568. The molecule has 0 spiro atoms. The van der Waals surface area contributed by atoms with E-state index in [9.17, 15) is 4.79 Å². The van der Waals surface area contributed by atoms with Crippen LogP contribution in [0.3, 0.4) is 0 Å². The van der Waals surface area contributed by atoms with Gasteiger partial charge in [0.05, 0.1) is 17.1 Å². The van der Waals surface area contributed by atoms with Crippen molar-refractivity contribution in [2.24, 2.45) is 0 Å². The minimum Gasteiger partial charge on any atom is -0.388 e. The average molecular weight is 261 g/mol. The standard InChI is InChI=1S/C10H7N3O.C2H6O.C2H6/c1-6-10-8(4-11)2-7(5-14)3-9(10)13-12-6;1-3-2;1-2/h2-3,5H,1H3,(H,12,13);1-2H3;1-2H3. The van der Waals surface area contributed by atoms with Crippen LogP contribution in [0.2, 0.25) is 0 Å². The summed E-state index contributed by atoms with van der Waals surface area (Å²) in [6.07, 6.45) is 0.713. The van der Waals surface area contributed by atoms with E-state index in [1.165, 1.54) is 0 Å². The van der Waals surface area contributed by atoms with Gasteiger partial charge in [-0.25, -0.2) is 0 Å². The first-order valence-electron chi connectivity index (χ1n) is 5.92. The van der Waals surface area contributed by atoms with Crippen LogP contribution in [0.1, 0.15) is 35.5 Å². The lowest BCUT2D eigenvalue weighted by molar-refractivity contribution is 0.112. The van der Waals surface area contributed by atoms with Gasteiger partial charge in [0, 0.05) is 30.9 Å². The van der Waals surface area contributed by atoms with Gasteiger partial charge in [-0.15, -0.1) is 0 Å². The van der Waals surface area contributed by atoms with Gasteiger partial charge in [0.15, 0.2) is 0 Å². The number of aldehydes is 1. The molecule has 19 heavy (non-hydrogen) atoms. The van der Waals surface area contributed by atoms with Crippen molar-refractivity contribution in [1.29, 1.82) is 5.26 Å². The maximum absolute atomic E-state index is 10.6. The zero-order valence-electron chi connectivity index (χ0n) is 11.9. The minimum atomic E-state index is 0.473. The number of nitrogens with one attached hydrogen (secondary N) is 1. The maximum Gasteiger partial charge on any atom is 0.150 e. The van der Waals surface area contributed by atoms with Gasteiger partial charge in [-0.1, -0.05) is 13.8 Å². The maximum atomic E-state index is 10.6. The number of carbonyl (C=O) groups excluding carboxylic acids is 1. The highest BCUT2D eigenvalue weighted by atomic mass is 16.4. The van der Waals surface area contributed by atoms with E-state index >= 15 is 0 Å². The number of ether oxygens (including phenoxy) is 1. The van der Waals surface area contributed by atoms with Gasteiger partial charge < -0.3 is 4.74 Å². The molecule has 1 aromatic heterocycles. The average Bonchev–Trinajstić information content (AvgIpc) is 2.82. The van der Waals surface area contributed by atoms with Crippen molar-refractivity contribution in [2.75, 3.05) is 14.2 Å². The molecule has 0 aliphatic rings. The smallest absolute Gasteiger partial charge is 0.150 e. The number of rotatable bonds is 1. The third kappa shape index (κ3) is 4.19. The molecule has 5 nitrogen and oxygen atoms in total. The predicted molar refractivity (Wildman–Crippen MR) is 75.2 cm³/mol. The molecule has 0 saturated carbocycles. The fraction of sp³-hybridized carbons (Fsp3) is 0.357. The predicted octanol–water partition coefficient (Wildman–Crippen LogP) is 2.84. The number of nitriles is 1. The number of hydrogen-bond acceptors (Lipinski definition) is 4. The van der Waals surface area contributed by atoms with Gasteiger partial charge in [0.2, 0.25) is 0 Å². The van der Waals surface area contributed by atoms with Crippen molar-refractivity contribution >= 4 is 17.2 Å². The van der Waals surface area contributed by atoms with Gasteiger partial charge in [0.1, 0.15) is 6.29 Å². The second-order valence-corrected chi connectivity index (χ2v) is 3.45. The van der Waals surface area contributed by atoms with Crippen molar-refractivity contribution in [3.8, 4) is 6.07 Å². The lowest BCUT2D eigenvalue weighted by atomic mass is 10.1. The van der Waals surface area contributed by atoms with E-state index in [-0.39, 0.29) is 0 Å². The SMILES string of the molecule is CC.COC.Cc1[nH]nc2cc(C=O)cc(C#N)c12. The molecule has 5 heteroatoms. The molecule has 0 radical (unpaired) electrons. The number of carbonyl (C=O) groups is 1. The first-order chi connectivity index (χ1) is 9.17. The van der Waals surface area contributed by atoms with E-state index in [1.54, 1.807) is 26.4 Å². The van der Waals surface area contributed by atoms with Gasteiger partial charge in [-0.3, -0.25) is 9.89 Å². The van der Waals surface area contributed by atoms with Crippen LogP contribution < -0.4 is 0 Å². The van der Waals surface area contributed by atoms with Gasteiger partial charge in [-0.2, -0.15) is 10.4 Å². The Morgan fingerprint density at radius 1 is 1.37 bits per heavy atom. The summed E-state index contributed by atoms with van der Waals surface area (Å²) in [4.78, 5) is 10.6. The number of methoxy groups -OCH3 is 1. The molecule has 0 fully saturated rings. The zero-order chi connectivity index (χ0) is 14.8. The molecule has 102 valence electrons. The third-order valence-corrected chi connectivity index (χ3v) is 2.12. The van der Waals surface area contributed by atoms with E-state index in [0.29, 0.717) is 22.9 Å². The lowest BCUT2D eigenvalue weighted by Crippen LogP contribution is -1.85. The Morgan fingerprint density at radius 3 is 2.42 bits per heavy atom. The lowest BCUT2D eigenvalue weighted by Gasteiger charge is -1.95. The highest BCUT2D eigenvalue weighted by molar-refractivity contribution is 5.92. The van der Waals surface area contributed by atoms with Crippen molar-refractivity contribution in [3.05, 3.63) is 29.0 Å². The van der Waals surface area contributed by atoms with Crippen LogP contribution in [-0.2, 0) is 4.74 Å². The molecule has 1 heterocycles. The number of aromatic amines is 1. The first kappa shape index (κ1) is 16.8. The van der Waals surface area contributed by atoms with Crippen molar-refractivity contribution < 1.29 is 9.53 Å². The zero-order valence-corrected chi connectivity index (χ0v) is 11.9. The normalized spacial score (nSPS) is 8.63. The van der Waals surface area contributed by atoms with Crippen LogP contribution in [0.15, 0.2) is 12.1 Å². The first-order valence-corrected chi connectivity index (χ1v) is 5.92. The largest absolute Gasteiger partial charge is 0.388 e. The molecule has 2 aromatic rings. The summed E-state index contributed by atoms with van der Waals surface area (Å²) in [5.41, 5.74) is 2.45. The fourth-order valence-electron chi connectivity index (χ4n) is 1.49. The van der Waals surface area contributed by atoms with Crippen molar-refractivity contribution in [2.45, 2.75) is 20.8 Å². The number of H-pyrrole nitrogens is 1. The molecule has 1 N–H and O–H groups in total. The number of aryl methyl sites for hydroxylation is 1. The van der Waals surface area contributed by atoms with E-state index in [1.807, 2.05) is 20.8 Å². The number of aromatic nitrogens is 2. The van der Waals surface area contributed by atoms with E-state index in [2.05, 4.69) is 21.0 Å². The number of nitrogens with zero attached hydrogens (tertiary/aromatic N) is 2. The molecular formula is C14H19N3O2. The molecular weight excluding hydrogens is 242 g/mol. The highest BCUT2D eigenvalue weighted by Crippen LogP contribution is 2.20. The van der Waals surface area contributed by atoms with E-state index in [4.69, 9.17) is 5.26 Å². The summed E-state index contributed by atoms with van der Waals surface area (Å²) in [6.45, 7) is 5.84. The summed E-state index contributed by atoms with van der Waals surface area (Å²) in [6, 6.07) is 5.28.